The highest BCUT2D eigenvalue weighted by atomic mass is 19.4. The molecular weight excluding hydrogens is 377 g/mol. The first-order chi connectivity index (χ1) is 12.6. The van der Waals surface area contributed by atoms with Crippen LogP contribution in [0.1, 0.15) is 20.7 Å². The molecule has 2 rings (SSSR count). The third kappa shape index (κ3) is 5.23. The summed E-state index contributed by atoms with van der Waals surface area (Å²) in [5.74, 6) is -5.98. The molecule has 0 bridgehead atoms. The molecule has 6 nitrogen and oxygen atoms in total. The summed E-state index contributed by atoms with van der Waals surface area (Å²) in [6.45, 7) is 0. The molecule has 0 saturated heterocycles. The lowest BCUT2D eigenvalue weighted by Gasteiger charge is -2.10. The number of carbonyl (C=O) groups is 3. The summed E-state index contributed by atoms with van der Waals surface area (Å²) in [5.41, 5.74) is 2.33. The minimum absolute atomic E-state index is 0.00500. The summed E-state index contributed by atoms with van der Waals surface area (Å²) >= 11 is 0. The molecule has 3 N–H and O–H groups in total. The lowest BCUT2D eigenvalue weighted by Crippen LogP contribution is -2.47. The number of benzene rings is 2. The number of anilines is 1. The minimum Gasteiger partial charge on any atom is -0.319 e. The second-order valence-electron chi connectivity index (χ2n) is 5.06. The zero-order valence-electron chi connectivity index (χ0n) is 13.2. The summed E-state index contributed by atoms with van der Waals surface area (Å²) < 4.78 is 62.4. The van der Waals surface area contributed by atoms with Crippen molar-refractivity contribution in [2.45, 2.75) is 6.18 Å². The van der Waals surface area contributed by atoms with Crippen LogP contribution in [0.15, 0.2) is 42.5 Å². The molecule has 142 valence electrons. The second-order valence-corrected chi connectivity index (χ2v) is 5.06. The van der Waals surface area contributed by atoms with Crippen molar-refractivity contribution in [1.29, 1.82) is 0 Å². The number of nitrogens with one attached hydrogen (secondary N) is 3. The first-order valence-corrected chi connectivity index (χ1v) is 7.12. The zero-order valence-corrected chi connectivity index (χ0v) is 13.2. The van der Waals surface area contributed by atoms with Crippen molar-refractivity contribution in [3.8, 4) is 0 Å². The number of alkyl halides is 3. The fraction of sp³-hybridized carbons (Fsp3) is 0.0625. The third-order valence-electron chi connectivity index (χ3n) is 3.14. The van der Waals surface area contributed by atoms with E-state index in [2.05, 4.69) is 5.32 Å². The van der Waals surface area contributed by atoms with E-state index in [9.17, 15) is 36.3 Å². The molecule has 0 aliphatic heterocycles. The molecule has 0 spiro atoms. The summed E-state index contributed by atoms with van der Waals surface area (Å²) in [7, 11) is 0. The van der Waals surface area contributed by atoms with Gasteiger partial charge in [-0.15, -0.1) is 0 Å². The second kappa shape index (κ2) is 7.81. The first-order valence-electron chi connectivity index (χ1n) is 7.12. The average molecular weight is 387 g/mol. The van der Waals surface area contributed by atoms with Gasteiger partial charge < -0.3 is 5.32 Å². The van der Waals surface area contributed by atoms with Crippen molar-refractivity contribution >= 4 is 23.4 Å². The number of amides is 3. The maximum atomic E-state index is 13.5. The van der Waals surface area contributed by atoms with Crippen LogP contribution in [0.3, 0.4) is 0 Å². The number of hydrogen-bond acceptors (Lipinski definition) is 3. The lowest BCUT2D eigenvalue weighted by molar-refractivity contribution is -0.174. The SMILES string of the molecule is O=C(NNC(=O)C(F)(F)F)c1ccc(C(=O)Nc2ccc(F)cc2F)cc1. The molecule has 27 heavy (non-hydrogen) atoms. The van der Waals surface area contributed by atoms with Gasteiger partial charge in [-0.3, -0.25) is 25.2 Å². The maximum Gasteiger partial charge on any atom is 0.472 e. The van der Waals surface area contributed by atoms with Gasteiger partial charge in [0.05, 0.1) is 5.69 Å². The van der Waals surface area contributed by atoms with E-state index in [1.54, 1.807) is 5.43 Å². The predicted molar refractivity (Wildman–Crippen MR) is 82.4 cm³/mol. The topological polar surface area (TPSA) is 87.3 Å². The molecule has 0 atom stereocenters. The summed E-state index contributed by atoms with van der Waals surface area (Å²) in [4.78, 5) is 34.3. The van der Waals surface area contributed by atoms with E-state index in [1.807, 2.05) is 0 Å². The van der Waals surface area contributed by atoms with Gasteiger partial charge in [-0.2, -0.15) is 13.2 Å². The van der Waals surface area contributed by atoms with Gasteiger partial charge in [0.1, 0.15) is 11.6 Å². The standard InChI is InChI=1S/C16H10F5N3O3/c17-10-5-6-12(11(18)7-10)22-13(25)8-1-3-9(4-2-8)14(26)23-24-15(27)16(19,20)21/h1-7H,(H,22,25)(H,23,26)(H,24,27). The maximum absolute atomic E-state index is 13.5. The van der Waals surface area contributed by atoms with Gasteiger partial charge in [0, 0.05) is 17.2 Å². The molecule has 2 aromatic carbocycles. The molecule has 0 heterocycles. The Morgan fingerprint density at radius 1 is 0.778 bits per heavy atom. The van der Waals surface area contributed by atoms with Gasteiger partial charge in [0.2, 0.25) is 0 Å². The monoisotopic (exact) mass is 387 g/mol. The van der Waals surface area contributed by atoms with Crippen molar-refractivity contribution in [2.24, 2.45) is 0 Å². The van der Waals surface area contributed by atoms with E-state index >= 15 is 0 Å². The molecule has 3 amide bonds. The van der Waals surface area contributed by atoms with E-state index in [-0.39, 0.29) is 16.8 Å². The number of carbonyl (C=O) groups excluding carboxylic acids is 3. The molecule has 0 aromatic heterocycles. The third-order valence-corrected chi connectivity index (χ3v) is 3.14. The van der Waals surface area contributed by atoms with Crippen LogP contribution in [0.4, 0.5) is 27.6 Å². The Morgan fingerprint density at radius 3 is 1.85 bits per heavy atom. The predicted octanol–water partition coefficient (Wildman–Crippen LogP) is 2.54. The van der Waals surface area contributed by atoms with Crippen molar-refractivity contribution in [3.05, 3.63) is 65.2 Å². The van der Waals surface area contributed by atoms with Crippen LogP contribution in [0.2, 0.25) is 0 Å². The Hall–Kier alpha value is -3.50. The van der Waals surface area contributed by atoms with Crippen molar-refractivity contribution < 1.29 is 36.3 Å². The molecule has 0 radical (unpaired) electrons. The van der Waals surface area contributed by atoms with Crippen molar-refractivity contribution in [1.82, 2.24) is 10.9 Å². The first kappa shape index (κ1) is 19.8. The van der Waals surface area contributed by atoms with Gasteiger partial charge in [-0.05, 0) is 36.4 Å². The highest BCUT2D eigenvalue weighted by molar-refractivity contribution is 6.05. The molecule has 0 fully saturated rings. The fourth-order valence-corrected chi connectivity index (χ4v) is 1.81. The molecule has 0 saturated carbocycles. The Morgan fingerprint density at radius 2 is 1.33 bits per heavy atom. The van der Waals surface area contributed by atoms with Gasteiger partial charge in [0.15, 0.2) is 0 Å². The number of halogens is 5. The van der Waals surface area contributed by atoms with Crippen LogP contribution in [0, 0.1) is 11.6 Å². The normalized spacial score (nSPS) is 10.9. The van der Waals surface area contributed by atoms with Crippen molar-refractivity contribution in [2.75, 3.05) is 5.32 Å². The molecule has 2 aromatic rings. The summed E-state index contributed by atoms with van der Waals surface area (Å²) in [6, 6.07) is 7.05. The molecule has 11 heteroatoms. The molecular formula is C16H10F5N3O3. The quantitative estimate of drug-likeness (QED) is 0.559. The van der Waals surface area contributed by atoms with Crippen molar-refractivity contribution in [3.63, 3.8) is 0 Å². The van der Waals surface area contributed by atoms with E-state index in [0.717, 1.165) is 36.4 Å². The Labute approximate surface area is 148 Å². The van der Waals surface area contributed by atoms with Crippen LogP contribution in [-0.2, 0) is 4.79 Å². The summed E-state index contributed by atoms with van der Waals surface area (Å²) in [5, 5.41) is 2.20. The van der Waals surface area contributed by atoms with Crippen LogP contribution in [0.25, 0.3) is 0 Å². The molecule has 0 aliphatic carbocycles. The Balaban J connectivity index is 2.00. The molecule has 0 aliphatic rings. The van der Waals surface area contributed by atoms with Gasteiger partial charge >= 0.3 is 12.1 Å². The zero-order chi connectivity index (χ0) is 20.2. The lowest BCUT2D eigenvalue weighted by atomic mass is 10.1. The van der Waals surface area contributed by atoms with E-state index < -0.39 is 35.5 Å². The van der Waals surface area contributed by atoms with Crippen LogP contribution >= 0.6 is 0 Å². The molecule has 0 unspecified atom stereocenters. The smallest absolute Gasteiger partial charge is 0.319 e. The van der Waals surface area contributed by atoms with Crippen LogP contribution in [-0.4, -0.2) is 23.9 Å². The van der Waals surface area contributed by atoms with E-state index in [0.29, 0.717) is 6.07 Å². The Kier molecular flexibility index (Phi) is 5.73. The van der Waals surface area contributed by atoms with E-state index in [4.69, 9.17) is 0 Å². The fourth-order valence-electron chi connectivity index (χ4n) is 1.81. The summed E-state index contributed by atoms with van der Waals surface area (Å²) in [6.07, 6.45) is -5.16. The average Bonchev–Trinajstić information content (AvgIpc) is 2.61. The highest BCUT2D eigenvalue weighted by Crippen LogP contribution is 2.16. The number of hydrazine groups is 1. The largest absolute Gasteiger partial charge is 0.472 e. The van der Waals surface area contributed by atoms with Gasteiger partial charge in [0.25, 0.3) is 11.8 Å². The minimum atomic E-state index is -5.16. The van der Waals surface area contributed by atoms with Gasteiger partial charge in [-0.1, -0.05) is 0 Å². The van der Waals surface area contributed by atoms with Gasteiger partial charge in [-0.25, -0.2) is 8.78 Å². The van der Waals surface area contributed by atoms with Crippen LogP contribution in [0.5, 0.6) is 0 Å². The number of rotatable bonds is 3. The van der Waals surface area contributed by atoms with E-state index in [1.165, 1.54) is 5.43 Å². The Bertz CT molecular complexity index is 882. The highest BCUT2D eigenvalue weighted by Gasteiger charge is 2.39. The van der Waals surface area contributed by atoms with Crippen LogP contribution < -0.4 is 16.2 Å². The number of hydrogen-bond donors (Lipinski definition) is 3.